The maximum atomic E-state index is 13.6. The molecule has 3 aliphatic heterocycles. The Hall–Kier alpha value is -1.91. The molecule has 4 rings (SSSR count). The standard InChI is InChI=1S/C17H21FN4O4S/c18-12-3-4-15-14(11-12)16(23)22(17(24)19-15)13-5-9-21(10-6-13)27(25,26)20-7-1-2-8-20/h3-4,11-13H,1-2,5-10H2. The summed E-state index contributed by atoms with van der Waals surface area (Å²) in [6.07, 6.45) is 4.78. The van der Waals surface area contributed by atoms with Gasteiger partial charge in [0.05, 0.1) is 11.3 Å². The van der Waals surface area contributed by atoms with Crippen molar-refractivity contribution in [1.82, 2.24) is 13.5 Å². The van der Waals surface area contributed by atoms with Gasteiger partial charge in [-0.25, -0.2) is 9.18 Å². The highest BCUT2D eigenvalue weighted by Crippen LogP contribution is 2.28. The van der Waals surface area contributed by atoms with Gasteiger partial charge in [0.2, 0.25) is 0 Å². The second-order valence-corrected chi connectivity index (χ2v) is 9.01. The lowest BCUT2D eigenvalue weighted by Crippen LogP contribution is -2.54. The van der Waals surface area contributed by atoms with E-state index >= 15 is 0 Å². The van der Waals surface area contributed by atoms with Gasteiger partial charge in [-0.3, -0.25) is 9.69 Å². The Bertz CT molecular complexity index is 852. The Labute approximate surface area is 157 Å². The van der Waals surface area contributed by atoms with Crippen molar-refractivity contribution in [3.8, 4) is 0 Å². The van der Waals surface area contributed by atoms with Crippen LogP contribution in [0.3, 0.4) is 0 Å². The van der Waals surface area contributed by atoms with Crippen molar-refractivity contribution in [2.75, 3.05) is 26.2 Å². The van der Waals surface area contributed by atoms with Gasteiger partial charge in [0.15, 0.2) is 0 Å². The topological polar surface area (TPSA) is 90.4 Å². The van der Waals surface area contributed by atoms with Crippen LogP contribution in [-0.4, -0.2) is 78.0 Å². The minimum atomic E-state index is -3.49. The van der Waals surface area contributed by atoms with Crippen molar-refractivity contribution in [1.29, 1.82) is 0 Å². The minimum absolute atomic E-state index is 0.0942. The van der Waals surface area contributed by atoms with Crippen LogP contribution < -0.4 is 0 Å². The molecule has 8 nitrogen and oxygen atoms in total. The number of carbonyl (C=O) groups excluding carboxylic acids is 2. The van der Waals surface area contributed by atoms with Crippen molar-refractivity contribution >= 4 is 27.9 Å². The Morgan fingerprint density at radius 3 is 2.33 bits per heavy atom. The van der Waals surface area contributed by atoms with Crippen molar-refractivity contribution in [2.24, 2.45) is 4.99 Å². The molecular formula is C17H21FN4O4S. The zero-order valence-electron chi connectivity index (χ0n) is 14.8. The summed E-state index contributed by atoms with van der Waals surface area (Å²) in [5.41, 5.74) is 0.279. The maximum absolute atomic E-state index is 13.6. The Morgan fingerprint density at radius 1 is 1.04 bits per heavy atom. The lowest BCUT2D eigenvalue weighted by atomic mass is 9.97. The molecule has 2 saturated heterocycles. The summed E-state index contributed by atoms with van der Waals surface area (Å²) in [5.74, 6) is -0.558. The second-order valence-electron chi connectivity index (χ2n) is 7.08. The largest absolute Gasteiger partial charge is 0.351 e. The van der Waals surface area contributed by atoms with Gasteiger partial charge in [0, 0.05) is 32.2 Å². The third-order valence-electron chi connectivity index (χ3n) is 5.42. The fourth-order valence-corrected chi connectivity index (χ4v) is 5.68. The van der Waals surface area contributed by atoms with E-state index in [0.717, 1.165) is 23.8 Å². The number of urea groups is 1. The molecule has 3 amide bonds. The van der Waals surface area contributed by atoms with Crippen molar-refractivity contribution in [3.63, 3.8) is 0 Å². The zero-order valence-corrected chi connectivity index (χ0v) is 15.6. The molecule has 1 atom stereocenters. The fraction of sp³-hybridized carbons (Fsp3) is 0.588. The lowest BCUT2D eigenvalue weighted by molar-refractivity contribution is -0.126. The third kappa shape index (κ3) is 3.26. The van der Waals surface area contributed by atoms with E-state index in [4.69, 9.17) is 0 Å². The number of hydrogen-bond acceptors (Lipinski definition) is 4. The van der Waals surface area contributed by atoms with E-state index in [-0.39, 0.29) is 24.4 Å². The van der Waals surface area contributed by atoms with E-state index in [1.54, 1.807) is 0 Å². The van der Waals surface area contributed by atoms with E-state index in [1.165, 1.54) is 20.8 Å². The number of allylic oxidation sites excluding steroid dienone is 3. The van der Waals surface area contributed by atoms with Crippen LogP contribution in [0.15, 0.2) is 28.8 Å². The maximum Gasteiger partial charge on any atom is 0.351 e. The Kier molecular flexibility index (Phi) is 4.73. The lowest BCUT2D eigenvalue weighted by Gasteiger charge is -2.38. The number of alkyl halides is 1. The van der Waals surface area contributed by atoms with E-state index in [0.29, 0.717) is 25.9 Å². The summed E-state index contributed by atoms with van der Waals surface area (Å²) in [5, 5.41) is 0. The fourth-order valence-electron chi connectivity index (χ4n) is 3.96. The normalized spacial score (nSPS) is 28.3. The van der Waals surface area contributed by atoms with Gasteiger partial charge in [-0.15, -0.1) is 0 Å². The monoisotopic (exact) mass is 396 g/mol. The van der Waals surface area contributed by atoms with Gasteiger partial charge in [0.25, 0.3) is 16.1 Å². The smallest absolute Gasteiger partial charge is 0.268 e. The number of halogens is 1. The Balaban J connectivity index is 1.47. The molecule has 2 fully saturated rings. The average Bonchev–Trinajstić information content (AvgIpc) is 3.19. The van der Waals surface area contributed by atoms with Crippen LogP contribution in [-0.2, 0) is 15.0 Å². The molecule has 27 heavy (non-hydrogen) atoms. The molecule has 3 heterocycles. The van der Waals surface area contributed by atoms with Crippen molar-refractivity contribution in [3.05, 3.63) is 23.8 Å². The number of carbonyl (C=O) groups is 2. The molecule has 0 aromatic carbocycles. The molecule has 1 unspecified atom stereocenters. The van der Waals surface area contributed by atoms with Gasteiger partial charge in [0.1, 0.15) is 6.17 Å². The molecular weight excluding hydrogens is 375 g/mol. The summed E-state index contributed by atoms with van der Waals surface area (Å²) >= 11 is 0. The van der Waals surface area contributed by atoms with E-state index in [9.17, 15) is 22.4 Å². The van der Waals surface area contributed by atoms with Gasteiger partial charge in [-0.2, -0.15) is 22.0 Å². The van der Waals surface area contributed by atoms with Crippen LogP contribution in [0.25, 0.3) is 0 Å². The molecule has 0 aromatic heterocycles. The molecule has 4 aliphatic rings. The first-order valence-electron chi connectivity index (χ1n) is 9.14. The molecule has 0 saturated carbocycles. The number of piperidine rings is 1. The molecule has 10 heteroatoms. The molecule has 0 N–H and O–H groups in total. The molecule has 0 radical (unpaired) electrons. The predicted octanol–water partition coefficient (Wildman–Crippen LogP) is 1.03. The third-order valence-corrected chi connectivity index (χ3v) is 7.45. The van der Waals surface area contributed by atoms with Crippen LogP contribution in [0.5, 0.6) is 0 Å². The summed E-state index contributed by atoms with van der Waals surface area (Å²) in [6, 6.07) is -1.11. The molecule has 0 aromatic rings. The average molecular weight is 396 g/mol. The van der Waals surface area contributed by atoms with E-state index in [2.05, 4.69) is 4.99 Å². The number of nitrogens with zero attached hydrogens (tertiary/aromatic N) is 4. The summed E-state index contributed by atoms with van der Waals surface area (Å²) in [4.78, 5) is 30.0. The molecule has 0 bridgehead atoms. The van der Waals surface area contributed by atoms with E-state index < -0.39 is 34.4 Å². The molecule has 146 valence electrons. The van der Waals surface area contributed by atoms with Gasteiger partial charge >= 0.3 is 6.03 Å². The van der Waals surface area contributed by atoms with Crippen LogP contribution in [0.4, 0.5) is 9.18 Å². The van der Waals surface area contributed by atoms with E-state index in [1.807, 2.05) is 0 Å². The first kappa shape index (κ1) is 18.5. The highest BCUT2D eigenvalue weighted by Gasteiger charge is 2.41. The zero-order chi connectivity index (χ0) is 19.2. The number of imide groups is 1. The van der Waals surface area contributed by atoms with Gasteiger partial charge in [-0.1, -0.05) is 0 Å². The van der Waals surface area contributed by atoms with Gasteiger partial charge < -0.3 is 0 Å². The van der Waals surface area contributed by atoms with Crippen LogP contribution in [0.2, 0.25) is 0 Å². The summed E-state index contributed by atoms with van der Waals surface area (Å²) < 4.78 is 41.8. The Morgan fingerprint density at radius 2 is 1.67 bits per heavy atom. The highest BCUT2D eigenvalue weighted by atomic mass is 32.2. The van der Waals surface area contributed by atoms with Crippen LogP contribution in [0.1, 0.15) is 25.7 Å². The predicted molar refractivity (Wildman–Crippen MR) is 96.1 cm³/mol. The first-order valence-corrected chi connectivity index (χ1v) is 10.5. The molecule has 1 aliphatic carbocycles. The van der Waals surface area contributed by atoms with Crippen molar-refractivity contribution in [2.45, 2.75) is 37.9 Å². The minimum Gasteiger partial charge on any atom is -0.268 e. The van der Waals surface area contributed by atoms with Crippen LogP contribution >= 0.6 is 0 Å². The quantitative estimate of drug-likeness (QED) is 0.713. The number of rotatable bonds is 3. The number of fused-ring (bicyclic) bond motifs is 1. The van der Waals surface area contributed by atoms with Gasteiger partial charge in [-0.05, 0) is 43.9 Å². The number of aliphatic imine (C=N–C) groups is 1. The summed E-state index contributed by atoms with van der Waals surface area (Å²) in [7, 11) is -3.49. The summed E-state index contributed by atoms with van der Waals surface area (Å²) in [6.45, 7) is 1.55. The van der Waals surface area contributed by atoms with Crippen molar-refractivity contribution < 1.29 is 22.4 Å². The molecule has 0 spiro atoms. The number of hydrogen-bond donors (Lipinski definition) is 0. The van der Waals surface area contributed by atoms with Crippen LogP contribution in [0, 0.1) is 0 Å². The first-order chi connectivity index (χ1) is 12.9. The highest BCUT2D eigenvalue weighted by molar-refractivity contribution is 7.86. The second kappa shape index (κ2) is 6.92. The SMILES string of the molecule is O=C1N=C2C=CC(F)C=C2C(=O)N1C1CCN(S(=O)(=O)N2CCCC2)CC1. The number of amides is 3.